The molecule has 0 spiro atoms. The van der Waals surface area contributed by atoms with Gasteiger partial charge in [-0.2, -0.15) is 0 Å². The van der Waals surface area contributed by atoms with Crippen LogP contribution in [-0.2, 0) is 14.3 Å². The molecule has 2 heterocycles. The first-order valence-electron chi connectivity index (χ1n) is 9.78. The van der Waals surface area contributed by atoms with Crippen LogP contribution in [0.15, 0.2) is 72.8 Å². The summed E-state index contributed by atoms with van der Waals surface area (Å²) in [7, 11) is 0. The van der Waals surface area contributed by atoms with E-state index in [2.05, 4.69) is 0 Å². The molecule has 31 heavy (non-hydrogen) atoms. The van der Waals surface area contributed by atoms with E-state index in [-0.39, 0.29) is 42.1 Å². The Morgan fingerprint density at radius 1 is 1.19 bits per heavy atom. The van der Waals surface area contributed by atoms with E-state index in [1.807, 2.05) is 60.7 Å². The van der Waals surface area contributed by atoms with Gasteiger partial charge in [-0.05, 0) is 11.1 Å². The van der Waals surface area contributed by atoms with Crippen molar-refractivity contribution in [3.05, 3.63) is 83.9 Å². The number of hydrogen-bond acceptors (Lipinski definition) is 5. The normalized spacial score (nSPS) is 25.0. The fourth-order valence-electron chi connectivity index (χ4n) is 3.87. The number of halogens is 2. The fraction of sp³-hybridized carbons (Fsp3) is 0.304. The van der Waals surface area contributed by atoms with Crippen molar-refractivity contribution in [3.8, 4) is 0 Å². The van der Waals surface area contributed by atoms with E-state index in [0.717, 1.165) is 11.1 Å². The van der Waals surface area contributed by atoms with E-state index in [1.165, 1.54) is 11.8 Å². The lowest BCUT2D eigenvalue weighted by Gasteiger charge is -2.52. The number of esters is 1. The molecule has 0 aliphatic carbocycles. The second-order valence-electron chi connectivity index (χ2n) is 7.51. The molecule has 4 rings (SSSR count). The molecule has 2 aromatic carbocycles. The van der Waals surface area contributed by atoms with Crippen molar-refractivity contribution in [2.75, 3.05) is 18.2 Å². The molecule has 0 radical (unpaired) electrons. The highest BCUT2D eigenvalue weighted by molar-refractivity contribution is 8.00. The number of allylic oxidation sites excluding steroid dienone is 1. The van der Waals surface area contributed by atoms with Crippen LogP contribution in [-0.4, -0.2) is 46.4 Å². The summed E-state index contributed by atoms with van der Waals surface area (Å²) in [6.45, 7) is 0.250. The maximum Gasteiger partial charge on any atom is 0.319 e. The van der Waals surface area contributed by atoms with Crippen LogP contribution in [0.2, 0.25) is 0 Å². The third-order valence-electron chi connectivity index (χ3n) is 5.51. The van der Waals surface area contributed by atoms with Crippen LogP contribution in [0, 0.1) is 5.41 Å². The van der Waals surface area contributed by atoms with Crippen LogP contribution in [0.4, 0.5) is 0 Å². The van der Waals surface area contributed by atoms with Gasteiger partial charge in [0, 0.05) is 18.2 Å². The molecule has 3 atom stereocenters. The minimum Gasteiger partial charge on any atom is -0.452 e. The quantitative estimate of drug-likeness (QED) is 0.296. The molecular formula is C23H24Cl2N2O3S. The second-order valence-corrected chi connectivity index (χ2v) is 8.93. The van der Waals surface area contributed by atoms with Gasteiger partial charge in [0.2, 0.25) is 5.91 Å². The first kappa shape index (κ1) is 23.7. The smallest absolute Gasteiger partial charge is 0.319 e. The van der Waals surface area contributed by atoms with Crippen LogP contribution in [0.25, 0.3) is 0 Å². The molecule has 2 aromatic rings. The maximum absolute atomic E-state index is 13.5. The standard InChI is InChI=1S/C23H23ClN2O3S.ClH/c24-13-7-12-23(14-26-20(27)18(25)21(26)30-15-23)22(28)29-19(16-8-3-1-4-9-16)17-10-5-2-6-11-17;/h1-12,18-19,21H,13-15,25H2;1H/t18?,21-,23?;/m1./s1. The highest BCUT2D eigenvalue weighted by Gasteiger charge is 2.55. The number of amides is 1. The zero-order chi connectivity index (χ0) is 21.1. The number of alkyl halides is 1. The Balaban J connectivity index is 0.00000272. The number of carbonyl (C=O) groups is 2. The zero-order valence-electron chi connectivity index (χ0n) is 16.7. The highest BCUT2D eigenvalue weighted by atomic mass is 35.5. The lowest BCUT2D eigenvalue weighted by atomic mass is 9.86. The van der Waals surface area contributed by atoms with Gasteiger partial charge in [-0.25, -0.2) is 0 Å². The third kappa shape index (κ3) is 4.62. The van der Waals surface area contributed by atoms with Gasteiger partial charge in [0.1, 0.15) is 16.8 Å². The van der Waals surface area contributed by atoms with Gasteiger partial charge in [-0.1, -0.05) is 72.8 Å². The first-order valence-corrected chi connectivity index (χ1v) is 11.4. The maximum atomic E-state index is 13.5. The van der Waals surface area contributed by atoms with Crippen molar-refractivity contribution < 1.29 is 14.3 Å². The lowest BCUT2D eigenvalue weighted by Crippen LogP contribution is -2.72. The Labute approximate surface area is 197 Å². The topological polar surface area (TPSA) is 72.6 Å². The van der Waals surface area contributed by atoms with Gasteiger partial charge < -0.3 is 15.4 Å². The van der Waals surface area contributed by atoms with E-state index in [9.17, 15) is 9.59 Å². The number of ether oxygens (including phenoxy) is 1. The van der Waals surface area contributed by atoms with Crippen molar-refractivity contribution in [2.24, 2.45) is 11.1 Å². The highest BCUT2D eigenvalue weighted by Crippen LogP contribution is 2.44. The van der Waals surface area contributed by atoms with E-state index < -0.39 is 17.6 Å². The lowest BCUT2D eigenvalue weighted by molar-refractivity contribution is -0.161. The zero-order valence-corrected chi connectivity index (χ0v) is 19.1. The van der Waals surface area contributed by atoms with Crippen molar-refractivity contribution >= 4 is 47.6 Å². The summed E-state index contributed by atoms with van der Waals surface area (Å²) < 4.78 is 6.12. The first-order chi connectivity index (χ1) is 14.6. The van der Waals surface area contributed by atoms with Gasteiger partial charge in [-0.15, -0.1) is 35.8 Å². The number of hydrogen-bond donors (Lipinski definition) is 1. The van der Waals surface area contributed by atoms with Crippen LogP contribution in [0.5, 0.6) is 0 Å². The van der Waals surface area contributed by atoms with Crippen molar-refractivity contribution in [3.63, 3.8) is 0 Å². The van der Waals surface area contributed by atoms with E-state index in [4.69, 9.17) is 22.1 Å². The number of fused-ring (bicyclic) bond motifs is 1. The molecule has 2 saturated heterocycles. The molecule has 0 bridgehead atoms. The molecule has 2 aliphatic heterocycles. The van der Waals surface area contributed by atoms with Crippen molar-refractivity contribution in [1.29, 1.82) is 0 Å². The molecular weight excluding hydrogens is 455 g/mol. The molecule has 5 nitrogen and oxygen atoms in total. The molecule has 0 aromatic heterocycles. The summed E-state index contributed by atoms with van der Waals surface area (Å²) in [5.74, 6) is 0.252. The Bertz CT molecular complexity index is 905. The number of nitrogens with two attached hydrogens (primary N) is 1. The molecule has 0 saturated carbocycles. The molecule has 2 aliphatic rings. The van der Waals surface area contributed by atoms with Crippen LogP contribution in [0.3, 0.4) is 0 Å². The SMILES string of the molecule is Cl.NC1C(=O)N2CC(C=CCCl)(C(=O)OC(c3ccccc3)c3ccccc3)CS[C@H]12. The van der Waals surface area contributed by atoms with Crippen molar-refractivity contribution in [2.45, 2.75) is 17.5 Å². The summed E-state index contributed by atoms with van der Waals surface area (Å²) in [4.78, 5) is 27.4. The summed E-state index contributed by atoms with van der Waals surface area (Å²) >= 11 is 7.38. The summed E-state index contributed by atoms with van der Waals surface area (Å²) in [6.07, 6.45) is 2.99. The fourth-order valence-corrected chi connectivity index (χ4v) is 5.41. The minimum absolute atomic E-state index is 0. The van der Waals surface area contributed by atoms with Crippen molar-refractivity contribution in [1.82, 2.24) is 4.90 Å². The predicted octanol–water partition coefficient (Wildman–Crippen LogP) is 3.76. The number of rotatable bonds is 6. The second kappa shape index (κ2) is 10.1. The predicted molar refractivity (Wildman–Crippen MR) is 126 cm³/mol. The van der Waals surface area contributed by atoms with Gasteiger partial charge in [0.15, 0.2) is 6.10 Å². The van der Waals surface area contributed by atoms with Crippen LogP contribution < -0.4 is 5.73 Å². The number of thioether (sulfide) groups is 1. The van der Waals surface area contributed by atoms with Gasteiger partial charge in [0.05, 0.1) is 0 Å². The molecule has 1 amide bonds. The molecule has 8 heteroatoms. The average Bonchev–Trinajstić information content (AvgIpc) is 2.81. The monoisotopic (exact) mass is 478 g/mol. The largest absolute Gasteiger partial charge is 0.452 e. The van der Waals surface area contributed by atoms with E-state index >= 15 is 0 Å². The summed E-state index contributed by atoms with van der Waals surface area (Å²) in [6, 6.07) is 18.8. The molecule has 2 fully saturated rings. The summed E-state index contributed by atoms with van der Waals surface area (Å²) in [5.41, 5.74) is 6.71. The number of carbonyl (C=O) groups excluding carboxylic acids is 2. The Morgan fingerprint density at radius 3 is 2.32 bits per heavy atom. The molecule has 2 N–H and O–H groups in total. The van der Waals surface area contributed by atoms with Gasteiger partial charge in [0.25, 0.3) is 0 Å². The van der Waals surface area contributed by atoms with E-state index in [0.29, 0.717) is 5.75 Å². The van der Waals surface area contributed by atoms with Crippen LogP contribution >= 0.6 is 35.8 Å². The molecule has 164 valence electrons. The van der Waals surface area contributed by atoms with Gasteiger partial charge >= 0.3 is 5.97 Å². The number of β-lactam (4-membered cyclic amide) rings is 1. The Kier molecular flexibility index (Phi) is 7.70. The van der Waals surface area contributed by atoms with Crippen LogP contribution in [0.1, 0.15) is 17.2 Å². The Morgan fingerprint density at radius 2 is 1.77 bits per heavy atom. The van der Waals surface area contributed by atoms with E-state index in [1.54, 1.807) is 17.1 Å². The number of nitrogens with zero attached hydrogens (tertiary/aromatic N) is 1. The Hall–Kier alpha value is -1.99. The minimum atomic E-state index is -0.965. The van der Waals surface area contributed by atoms with Gasteiger partial charge in [-0.3, -0.25) is 9.59 Å². The molecule has 2 unspecified atom stereocenters. The average molecular weight is 479 g/mol. The number of benzene rings is 2. The third-order valence-corrected chi connectivity index (χ3v) is 7.26. The summed E-state index contributed by atoms with van der Waals surface area (Å²) in [5, 5.41) is -0.0816.